The predicted octanol–water partition coefficient (Wildman–Crippen LogP) is -0.483. The molecular formula is C15H11ClN5O4+. The molecule has 2 fully saturated rings. The van der Waals surface area contributed by atoms with Crippen LogP contribution in [0.15, 0.2) is 18.2 Å². The van der Waals surface area contributed by atoms with Gasteiger partial charge in [0.2, 0.25) is 0 Å². The summed E-state index contributed by atoms with van der Waals surface area (Å²) in [5.74, 6) is -2.20. The normalized spacial score (nSPS) is 34.0. The molecule has 2 aliphatic heterocycles. The lowest BCUT2D eigenvalue weighted by Gasteiger charge is -2.23. The molecule has 0 unspecified atom stereocenters. The van der Waals surface area contributed by atoms with Crippen LogP contribution in [0.1, 0.15) is 11.5 Å². The summed E-state index contributed by atoms with van der Waals surface area (Å²) in [7, 11) is 0. The highest BCUT2D eigenvalue weighted by Gasteiger charge is 2.97. The van der Waals surface area contributed by atoms with E-state index in [2.05, 4.69) is 17.1 Å². The molecule has 3 N–H and O–H groups in total. The third kappa shape index (κ3) is 1.51. The number of nitrogens with two attached hydrogens (primary N) is 1. The van der Waals surface area contributed by atoms with Gasteiger partial charge in [-0.1, -0.05) is 17.7 Å². The molecule has 0 radical (unpaired) electrons. The van der Waals surface area contributed by atoms with E-state index < -0.39 is 27.6 Å². The molecule has 3 aliphatic rings. The molecule has 0 amide bonds. The van der Waals surface area contributed by atoms with E-state index in [0.717, 1.165) is 0 Å². The van der Waals surface area contributed by atoms with Crippen molar-refractivity contribution >= 4 is 23.1 Å². The van der Waals surface area contributed by atoms with Crippen LogP contribution >= 0.6 is 11.6 Å². The van der Waals surface area contributed by atoms with Crippen LogP contribution in [0.25, 0.3) is 0 Å². The minimum Gasteiger partial charge on any atom is -0.311 e. The first kappa shape index (κ1) is 15.8. The Kier molecular flexibility index (Phi) is 2.95. The highest BCUT2D eigenvalue weighted by atomic mass is 35.5. The molecular weight excluding hydrogens is 350 g/mol. The van der Waals surface area contributed by atoms with Gasteiger partial charge in [-0.05, 0) is 5.56 Å². The van der Waals surface area contributed by atoms with Gasteiger partial charge in [0.1, 0.15) is 0 Å². The maximum atomic E-state index is 10.9. The standard InChI is InChI=1S/C15H10ClN5O4/c16-10-5-8(21(22)23)1-2-9(10)11-13(6-17)12(19)20-15(14(11,13)7-18)24-3-4-25-15/h1-2,5,11H,3-4H2,(H2,19,20)/p+1/t11-,13-,14-/m1/s1. The number of nitrogens with zero attached hydrogens (tertiary/aromatic N) is 3. The topological polar surface area (TPSA) is 149 Å². The van der Waals surface area contributed by atoms with Crippen LogP contribution in [0.2, 0.25) is 5.02 Å². The largest absolute Gasteiger partial charge is 0.343 e. The molecule has 1 aromatic carbocycles. The van der Waals surface area contributed by atoms with Gasteiger partial charge in [0.25, 0.3) is 11.5 Å². The monoisotopic (exact) mass is 360 g/mol. The van der Waals surface area contributed by atoms with Gasteiger partial charge in [-0.3, -0.25) is 15.8 Å². The van der Waals surface area contributed by atoms with Crippen molar-refractivity contribution in [1.82, 2.24) is 0 Å². The number of nitriles is 2. The second-order valence-electron chi connectivity index (χ2n) is 6.09. The van der Waals surface area contributed by atoms with Crippen molar-refractivity contribution in [3.05, 3.63) is 38.9 Å². The molecule has 1 aromatic rings. The fourth-order valence-electron chi connectivity index (χ4n) is 4.15. The van der Waals surface area contributed by atoms with Gasteiger partial charge < -0.3 is 9.47 Å². The summed E-state index contributed by atoms with van der Waals surface area (Å²) in [6.07, 6.45) is 0. The van der Waals surface area contributed by atoms with Gasteiger partial charge in [0.15, 0.2) is 10.8 Å². The summed E-state index contributed by atoms with van der Waals surface area (Å²) in [6, 6.07) is 8.18. The first-order valence-electron chi connectivity index (χ1n) is 7.35. The van der Waals surface area contributed by atoms with Gasteiger partial charge in [-0.15, -0.1) is 0 Å². The third-order valence-corrected chi connectivity index (χ3v) is 5.53. The Labute approximate surface area is 146 Å². The maximum absolute atomic E-state index is 10.9. The summed E-state index contributed by atoms with van der Waals surface area (Å²) in [4.78, 5) is 13.2. The lowest BCUT2D eigenvalue weighted by atomic mass is 9.94. The molecule has 9 nitrogen and oxygen atoms in total. The second-order valence-corrected chi connectivity index (χ2v) is 6.49. The number of hydrogen-bond acceptors (Lipinski definition) is 7. The van der Waals surface area contributed by atoms with Gasteiger partial charge in [0.05, 0.1) is 35.3 Å². The summed E-state index contributed by atoms with van der Waals surface area (Å²) in [5, 5.41) is 30.8. The fourth-order valence-corrected chi connectivity index (χ4v) is 4.43. The fraction of sp³-hybridized carbons (Fsp3) is 0.400. The van der Waals surface area contributed by atoms with E-state index in [1.54, 1.807) is 0 Å². The lowest BCUT2D eigenvalue weighted by Crippen LogP contribution is -2.89. The van der Waals surface area contributed by atoms with Crippen molar-refractivity contribution in [3.8, 4) is 12.1 Å². The molecule has 126 valence electrons. The van der Waals surface area contributed by atoms with Crippen LogP contribution in [0.3, 0.4) is 0 Å². The van der Waals surface area contributed by atoms with Crippen molar-refractivity contribution in [2.45, 2.75) is 11.8 Å². The van der Waals surface area contributed by atoms with E-state index in [1.165, 1.54) is 18.2 Å². The molecule has 3 atom stereocenters. The Morgan fingerprint density at radius 3 is 2.56 bits per heavy atom. The Balaban J connectivity index is 1.91. The average Bonchev–Trinajstić information content (AvgIpc) is 2.82. The zero-order chi connectivity index (χ0) is 18.0. The van der Waals surface area contributed by atoms with E-state index >= 15 is 0 Å². The van der Waals surface area contributed by atoms with E-state index in [9.17, 15) is 20.6 Å². The van der Waals surface area contributed by atoms with Crippen molar-refractivity contribution in [1.29, 1.82) is 10.5 Å². The van der Waals surface area contributed by atoms with Crippen LogP contribution in [0.5, 0.6) is 0 Å². The molecule has 10 heteroatoms. The number of benzene rings is 1. The Morgan fingerprint density at radius 1 is 1.36 bits per heavy atom. The number of nitro groups is 1. The zero-order valence-corrected chi connectivity index (χ0v) is 13.4. The molecule has 1 aliphatic carbocycles. The zero-order valence-electron chi connectivity index (χ0n) is 12.7. The first-order chi connectivity index (χ1) is 11.9. The van der Waals surface area contributed by atoms with Crippen molar-refractivity contribution in [3.63, 3.8) is 0 Å². The third-order valence-electron chi connectivity index (χ3n) is 5.20. The second kappa shape index (κ2) is 4.67. The molecule has 1 saturated carbocycles. The van der Waals surface area contributed by atoms with Crippen LogP contribution in [0.4, 0.5) is 5.69 Å². The number of fused-ring (bicyclic) bond motifs is 2. The molecule has 0 aromatic heterocycles. The van der Waals surface area contributed by atoms with E-state index in [1.807, 2.05) is 0 Å². The number of rotatable bonds is 2. The summed E-state index contributed by atoms with van der Waals surface area (Å²) in [6.45, 7) is 0.484. The number of halogens is 1. The average molecular weight is 361 g/mol. The number of hydrogen-bond donors (Lipinski definition) is 2. The summed E-state index contributed by atoms with van der Waals surface area (Å²) < 4.78 is 11.3. The van der Waals surface area contributed by atoms with Gasteiger partial charge >= 0.3 is 5.91 Å². The van der Waals surface area contributed by atoms with E-state index in [0.29, 0.717) is 5.56 Å². The maximum Gasteiger partial charge on any atom is 0.343 e. The minimum absolute atomic E-state index is 0.0675. The van der Waals surface area contributed by atoms with Crippen molar-refractivity contribution < 1.29 is 19.4 Å². The summed E-state index contributed by atoms with van der Waals surface area (Å²) in [5.41, 5.74) is 3.45. The summed E-state index contributed by atoms with van der Waals surface area (Å²) >= 11 is 6.23. The van der Waals surface area contributed by atoms with E-state index in [4.69, 9.17) is 26.8 Å². The van der Waals surface area contributed by atoms with Crippen molar-refractivity contribution in [2.75, 3.05) is 13.2 Å². The predicted molar refractivity (Wildman–Crippen MR) is 81.7 cm³/mol. The molecule has 1 spiro atoms. The van der Waals surface area contributed by atoms with Crippen LogP contribution in [-0.4, -0.2) is 29.9 Å². The smallest absolute Gasteiger partial charge is 0.311 e. The highest BCUT2D eigenvalue weighted by molar-refractivity contribution is 6.31. The lowest BCUT2D eigenvalue weighted by molar-refractivity contribution is -0.676. The number of nitrogens with one attached hydrogen (secondary N) is 1. The SMILES string of the molecule is N#C[C@@]12C(N)=[NH+]C3(OCCO3)[C@]1(C#N)[C@@H]2c1ccc([N+](=O)[O-])cc1Cl. The number of amidine groups is 1. The molecule has 0 bridgehead atoms. The first-order valence-corrected chi connectivity index (χ1v) is 7.73. The minimum atomic E-state index is -1.53. The Morgan fingerprint density at radius 2 is 2.04 bits per heavy atom. The van der Waals surface area contributed by atoms with Crippen LogP contribution in [0, 0.1) is 43.6 Å². The molecule has 1 saturated heterocycles. The Hall–Kier alpha value is -2.72. The number of ether oxygens (including phenoxy) is 2. The number of non-ortho nitro benzene ring substituents is 1. The van der Waals surface area contributed by atoms with Gasteiger partial charge in [-0.25, -0.2) is 4.99 Å². The van der Waals surface area contributed by atoms with Gasteiger partial charge in [-0.2, -0.15) is 10.5 Å². The quantitative estimate of drug-likeness (QED) is 0.534. The van der Waals surface area contributed by atoms with Crippen LogP contribution < -0.4 is 10.7 Å². The molecule has 4 rings (SSSR count). The van der Waals surface area contributed by atoms with E-state index in [-0.39, 0.29) is 29.8 Å². The molecule has 25 heavy (non-hydrogen) atoms. The number of nitro benzene ring substituents is 1. The highest BCUT2D eigenvalue weighted by Crippen LogP contribution is 2.79. The molecule has 2 heterocycles. The van der Waals surface area contributed by atoms with Gasteiger partial charge in [0, 0.05) is 18.1 Å². The van der Waals surface area contributed by atoms with Crippen LogP contribution in [-0.2, 0) is 9.47 Å². The Bertz CT molecular complexity index is 929. The van der Waals surface area contributed by atoms with Crippen molar-refractivity contribution in [2.24, 2.45) is 16.6 Å².